The normalized spacial score (nSPS) is 15.3. The van der Waals surface area contributed by atoms with Gasteiger partial charge in [-0.15, -0.1) is 0 Å². The first kappa shape index (κ1) is 10.7. The van der Waals surface area contributed by atoms with Crippen LogP contribution in [0.5, 0.6) is 0 Å². The molecule has 15 heavy (non-hydrogen) atoms. The fourth-order valence-corrected chi connectivity index (χ4v) is 2.27. The lowest BCUT2D eigenvalue weighted by Gasteiger charge is -2.22. The topological polar surface area (TPSA) is 42.2 Å². The van der Waals surface area contributed by atoms with Crippen LogP contribution in [0.1, 0.15) is 19.8 Å². The molecule has 4 heteroatoms. The molecular formula is C11H16BrN3. The molecule has 2 N–H and O–H groups in total. The van der Waals surface area contributed by atoms with Crippen LogP contribution in [-0.4, -0.2) is 18.1 Å². The van der Waals surface area contributed by atoms with Crippen molar-refractivity contribution < 1.29 is 0 Å². The van der Waals surface area contributed by atoms with Crippen LogP contribution < -0.4 is 10.6 Å². The zero-order valence-electron chi connectivity index (χ0n) is 8.91. The molecule has 1 aliphatic rings. The zero-order chi connectivity index (χ0) is 10.8. The van der Waals surface area contributed by atoms with Gasteiger partial charge in [0.15, 0.2) is 0 Å². The smallest absolute Gasteiger partial charge is 0.143 e. The third-order valence-corrected chi connectivity index (χ3v) is 3.28. The van der Waals surface area contributed by atoms with Crippen molar-refractivity contribution in [2.45, 2.75) is 19.8 Å². The van der Waals surface area contributed by atoms with E-state index in [4.69, 9.17) is 5.73 Å². The van der Waals surface area contributed by atoms with E-state index in [0.717, 1.165) is 29.3 Å². The molecular weight excluding hydrogens is 254 g/mol. The maximum absolute atomic E-state index is 5.67. The number of nitrogens with zero attached hydrogens (tertiary/aromatic N) is 2. The summed E-state index contributed by atoms with van der Waals surface area (Å²) >= 11 is 3.51. The predicted octanol–water partition coefficient (Wildman–Crippen LogP) is 2.66. The Balaban J connectivity index is 2.16. The molecule has 82 valence electrons. The number of hydrogen-bond acceptors (Lipinski definition) is 3. The summed E-state index contributed by atoms with van der Waals surface area (Å²) in [7, 11) is 0. The molecule has 1 aromatic heterocycles. The number of aromatic nitrogens is 1. The van der Waals surface area contributed by atoms with E-state index in [-0.39, 0.29) is 0 Å². The maximum atomic E-state index is 5.67. The van der Waals surface area contributed by atoms with Crippen LogP contribution in [-0.2, 0) is 0 Å². The van der Waals surface area contributed by atoms with E-state index in [9.17, 15) is 0 Å². The summed E-state index contributed by atoms with van der Waals surface area (Å²) in [5, 5.41) is 0. The summed E-state index contributed by atoms with van der Waals surface area (Å²) in [5.74, 6) is 1.88. The van der Waals surface area contributed by atoms with Crippen molar-refractivity contribution in [1.29, 1.82) is 0 Å². The molecule has 0 bridgehead atoms. The van der Waals surface area contributed by atoms with Crippen molar-refractivity contribution in [3.63, 3.8) is 0 Å². The van der Waals surface area contributed by atoms with Crippen LogP contribution in [0.25, 0.3) is 0 Å². The summed E-state index contributed by atoms with van der Waals surface area (Å²) in [5.41, 5.74) is 6.37. The highest BCUT2D eigenvalue weighted by atomic mass is 79.9. The Morgan fingerprint density at radius 3 is 2.87 bits per heavy atom. The number of rotatable bonds is 4. The van der Waals surface area contributed by atoms with E-state index in [0.29, 0.717) is 5.69 Å². The van der Waals surface area contributed by atoms with Gasteiger partial charge in [0.1, 0.15) is 5.82 Å². The molecule has 0 aromatic carbocycles. The van der Waals surface area contributed by atoms with Gasteiger partial charge >= 0.3 is 0 Å². The summed E-state index contributed by atoms with van der Waals surface area (Å²) in [6.07, 6.45) is 4.45. The minimum Gasteiger partial charge on any atom is -0.397 e. The zero-order valence-corrected chi connectivity index (χ0v) is 10.5. The Labute approximate surface area is 98.8 Å². The van der Waals surface area contributed by atoms with Crippen LogP contribution >= 0.6 is 15.9 Å². The van der Waals surface area contributed by atoms with Crippen LogP contribution in [0.15, 0.2) is 16.7 Å². The third kappa shape index (κ3) is 2.62. The van der Waals surface area contributed by atoms with Gasteiger partial charge in [0.05, 0.1) is 16.4 Å². The standard InChI is InChI=1S/C11H16BrN3/c1-2-15(7-8-3-4-8)11-10(12)5-9(13)6-14-11/h5-6,8H,2-4,7,13H2,1H3. The average molecular weight is 270 g/mol. The van der Waals surface area contributed by atoms with Gasteiger partial charge in [0.2, 0.25) is 0 Å². The van der Waals surface area contributed by atoms with Crippen molar-refractivity contribution in [3.8, 4) is 0 Å². The SMILES string of the molecule is CCN(CC1CC1)c1ncc(N)cc1Br. The molecule has 1 aromatic rings. The van der Waals surface area contributed by atoms with Crippen molar-refractivity contribution in [2.24, 2.45) is 5.92 Å². The second-order valence-electron chi connectivity index (χ2n) is 4.06. The van der Waals surface area contributed by atoms with Crippen LogP contribution in [0, 0.1) is 5.92 Å². The molecule has 2 rings (SSSR count). The monoisotopic (exact) mass is 269 g/mol. The Morgan fingerprint density at radius 2 is 2.33 bits per heavy atom. The van der Waals surface area contributed by atoms with E-state index in [1.165, 1.54) is 12.8 Å². The highest BCUT2D eigenvalue weighted by Crippen LogP contribution is 2.33. The number of nitrogen functional groups attached to an aromatic ring is 1. The van der Waals surface area contributed by atoms with E-state index >= 15 is 0 Å². The molecule has 0 saturated heterocycles. The minimum absolute atomic E-state index is 0.702. The molecule has 0 unspecified atom stereocenters. The number of nitrogens with two attached hydrogens (primary N) is 1. The van der Waals surface area contributed by atoms with E-state index in [1.54, 1.807) is 6.20 Å². The van der Waals surface area contributed by atoms with E-state index in [2.05, 4.69) is 32.7 Å². The van der Waals surface area contributed by atoms with E-state index in [1.807, 2.05) is 6.07 Å². The number of halogens is 1. The highest BCUT2D eigenvalue weighted by Gasteiger charge is 2.25. The molecule has 0 atom stereocenters. The molecule has 1 saturated carbocycles. The van der Waals surface area contributed by atoms with E-state index < -0.39 is 0 Å². The van der Waals surface area contributed by atoms with Crippen LogP contribution in [0.4, 0.5) is 11.5 Å². The largest absolute Gasteiger partial charge is 0.397 e. The summed E-state index contributed by atoms with van der Waals surface area (Å²) in [6.45, 7) is 4.27. The Hall–Kier alpha value is -0.770. The molecule has 0 amide bonds. The lowest BCUT2D eigenvalue weighted by atomic mass is 10.3. The molecule has 1 aliphatic carbocycles. The first-order valence-corrected chi connectivity index (χ1v) is 6.16. The van der Waals surface area contributed by atoms with Gasteiger partial charge in [0, 0.05) is 13.1 Å². The van der Waals surface area contributed by atoms with Crippen molar-refractivity contribution in [3.05, 3.63) is 16.7 Å². The highest BCUT2D eigenvalue weighted by molar-refractivity contribution is 9.10. The van der Waals surface area contributed by atoms with Gasteiger partial charge in [-0.3, -0.25) is 0 Å². The van der Waals surface area contributed by atoms with Crippen molar-refractivity contribution in [2.75, 3.05) is 23.7 Å². The average Bonchev–Trinajstić information content (AvgIpc) is 2.99. The minimum atomic E-state index is 0.702. The lowest BCUT2D eigenvalue weighted by molar-refractivity contribution is 0.730. The molecule has 0 radical (unpaired) electrons. The predicted molar refractivity (Wildman–Crippen MR) is 67.0 cm³/mol. The quantitative estimate of drug-likeness (QED) is 0.914. The first-order valence-electron chi connectivity index (χ1n) is 5.36. The fraction of sp³-hybridized carbons (Fsp3) is 0.545. The molecule has 1 fully saturated rings. The number of pyridine rings is 1. The van der Waals surface area contributed by atoms with Gasteiger partial charge in [-0.05, 0) is 47.7 Å². The summed E-state index contributed by atoms with van der Waals surface area (Å²) in [6, 6.07) is 1.91. The van der Waals surface area contributed by atoms with Crippen LogP contribution in [0.2, 0.25) is 0 Å². The number of hydrogen-bond donors (Lipinski definition) is 1. The Bertz CT molecular complexity index is 350. The van der Waals surface area contributed by atoms with Gasteiger partial charge < -0.3 is 10.6 Å². The first-order chi connectivity index (χ1) is 7.20. The van der Waals surface area contributed by atoms with Gasteiger partial charge in [0.25, 0.3) is 0 Å². The lowest BCUT2D eigenvalue weighted by Crippen LogP contribution is -2.26. The van der Waals surface area contributed by atoms with Gasteiger partial charge in [-0.1, -0.05) is 0 Å². The fourth-order valence-electron chi connectivity index (χ4n) is 1.66. The molecule has 1 heterocycles. The second kappa shape index (κ2) is 4.39. The summed E-state index contributed by atoms with van der Waals surface area (Å²) < 4.78 is 0.991. The third-order valence-electron chi connectivity index (χ3n) is 2.70. The van der Waals surface area contributed by atoms with Crippen molar-refractivity contribution >= 4 is 27.4 Å². The molecule has 0 spiro atoms. The summed E-state index contributed by atoms with van der Waals surface area (Å²) in [4.78, 5) is 6.69. The van der Waals surface area contributed by atoms with Gasteiger partial charge in [-0.2, -0.15) is 0 Å². The molecule has 0 aliphatic heterocycles. The van der Waals surface area contributed by atoms with Crippen molar-refractivity contribution in [1.82, 2.24) is 4.98 Å². The second-order valence-corrected chi connectivity index (χ2v) is 4.91. The number of anilines is 2. The maximum Gasteiger partial charge on any atom is 0.143 e. The van der Waals surface area contributed by atoms with Crippen LogP contribution in [0.3, 0.4) is 0 Å². The Morgan fingerprint density at radius 1 is 1.60 bits per heavy atom. The van der Waals surface area contributed by atoms with Gasteiger partial charge in [-0.25, -0.2) is 4.98 Å². The molecule has 3 nitrogen and oxygen atoms in total. The Kier molecular flexibility index (Phi) is 3.14.